The van der Waals surface area contributed by atoms with Gasteiger partial charge < -0.3 is 20.3 Å². The van der Waals surface area contributed by atoms with Crippen LogP contribution in [-0.2, 0) is 14.3 Å². The van der Waals surface area contributed by atoms with Crippen LogP contribution in [0.1, 0.15) is 78.5 Å². The molecular formula is C30H42ClN3O4. The van der Waals surface area contributed by atoms with Gasteiger partial charge in [-0.3, -0.25) is 9.59 Å². The van der Waals surface area contributed by atoms with Gasteiger partial charge in [-0.05, 0) is 70.6 Å². The summed E-state index contributed by atoms with van der Waals surface area (Å²) in [4.78, 5) is 42.5. The van der Waals surface area contributed by atoms with Crippen molar-refractivity contribution in [1.82, 2.24) is 10.2 Å². The Bertz CT molecular complexity index is 1080. The molecule has 8 heteroatoms. The molecule has 0 aliphatic carbocycles. The zero-order chi connectivity index (χ0) is 28.6. The third-order valence-electron chi connectivity index (χ3n) is 6.13. The van der Waals surface area contributed by atoms with Crippen LogP contribution in [0.15, 0.2) is 48.5 Å². The van der Waals surface area contributed by atoms with Crippen LogP contribution in [0, 0.1) is 12.8 Å². The van der Waals surface area contributed by atoms with Crippen molar-refractivity contribution in [2.24, 2.45) is 5.92 Å². The lowest BCUT2D eigenvalue weighted by Gasteiger charge is -2.38. The third kappa shape index (κ3) is 8.76. The van der Waals surface area contributed by atoms with Crippen LogP contribution in [-0.4, -0.2) is 40.5 Å². The molecule has 0 aliphatic heterocycles. The second-order valence-electron chi connectivity index (χ2n) is 11.1. The van der Waals surface area contributed by atoms with Crippen LogP contribution >= 0.6 is 11.6 Å². The van der Waals surface area contributed by atoms with Gasteiger partial charge in [0.25, 0.3) is 5.91 Å². The average Bonchev–Trinajstić information content (AvgIpc) is 2.82. The predicted octanol–water partition coefficient (Wildman–Crippen LogP) is 6.89. The Hall–Kier alpha value is -3.06. The van der Waals surface area contributed by atoms with Gasteiger partial charge >= 0.3 is 6.09 Å². The van der Waals surface area contributed by atoms with Crippen molar-refractivity contribution in [3.05, 3.63) is 64.7 Å². The topological polar surface area (TPSA) is 87.7 Å². The zero-order valence-corrected chi connectivity index (χ0v) is 24.6. The van der Waals surface area contributed by atoms with E-state index in [1.807, 2.05) is 77.1 Å². The van der Waals surface area contributed by atoms with Crippen LogP contribution in [0.25, 0.3) is 0 Å². The van der Waals surface area contributed by atoms with E-state index in [0.717, 1.165) is 5.56 Å². The van der Waals surface area contributed by atoms with Gasteiger partial charge in [-0.2, -0.15) is 0 Å². The summed E-state index contributed by atoms with van der Waals surface area (Å²) < 4.78 is 5.45. The number of carbonyl (C=O) groups is 3. The van der Waals surface area contributed by atoms with Gasteiger partial charge in [-0.15, -0.1) is 0 Å². The minimum Gasteiger partial charge on any atom is -0.444 e. The number of carbonyl (C=O) groups excluding carboxylic acids is 3. The number of hydrogen-bond acceptors (Lipinski definition) is 4. The molecule has 0 aliphatic rings. The number of nitrogens with zero attached hydrogens (tertiary/aromatic N) is 1. The van der Waals surface area contributed by atoms with Crippen molar-refractivity contribution >= 4 is 35.2 Å². The molecule has 0 saturated carbocycles. The molecule has 7 nitrogen and oxygen atoms in total. The van der Waals surface area contributed by atoms with Gasteiger partial charge in [0, 0.05) is 6.04 Å². The number of alkyl carbamates (subject to hydrolysis) is 1. The highest BCUT2D eigenvalue weighted by Crippen LogP contribution is 2.31. The molecular weight excluding hydrogens is 502 g/mol. The minimum absolute atomic E-state index is 0.104. The van der Waals surface area contributed by atoms with Gasteiger partial charge in [0.1, 0.15) is 17.7 Å². The van der Waals surface area contributed by atoms with Crippen LogP contribution in [0.4, 0.5) is 10.5 Å². The molecule has 3 unspecified atom stereocenters. The molecule has 2 rings (SSSR count). The van der Waals surface area contributed by atoms with E-state index < -0.39 is 23.8 Å². The lowest BCUT2D eigenvalue weighted by atomic mass is 9.97. The normalized spacial score (nSPS) is 13.8. The Morgan fingerprint density at radius 1 is 1.00 bits per heavy atom. The molecule has 2 N–H and O–H groups in total. The van der Waals surface area contributed by atoms with Gasteiger partial charge in [-0.1, -0.05) is 74.8 Å². The smallest absolute Gasteiger partial charge is 0.408 e. The second-order valence-corrected chi connectivity index (χ2v) is 11.5. The summed E-state index contributed by atoms with van der Waals surface area (Å²) in [6, 6.07) is 12.4. The molecule has 0 heterocycles. The summed E-state index contributed by atoms with van der Waals surface area (Å²) in [5.41, 5.74) is 1.25. The van der Waals surface area contributed by atoms with E-state index in [0.29, 0.717) is 29.1 Å². The first kappa shape index (κ1) is 31.2. The molecule has 208 valence electrons. The van der Waals surface area contributed by atoms with Crippen molar-refractivity contribution in [2.45, 2.75) is 92.0 Å². The number of hydrogen-bond donors (Lipinski definition) is 2. The monoisotopic (exact) mass is 543 g/mol. The van der Waals surface area contributed by atoms with Crippen LogP contribution in [0.5, 0.6) is 0 Å². The molecule has 2 aromatic rings. The summed E-state index contributed by atoms with van der Waals surface area (Å²) >= 11 is 6.42. The van der Waals surface area contributed by atoms with E-state index in [1.165, 1.54) is 0 Å². The quantitative estimate of drug-likeness (QED) is 0.341. The summed E-state index contributed by atoms with van der Waals surface area (Å²) in [5, 5.41) is 6.15. The SMILES string of the molecule is CCC(C)N(C(=O)C(CC(C)C)NC(=O)OC(C)(C)C)C(C(=O)Nc1c(C)cccc1Cl)c1ccccc1. The van der Waals surface area contributed by atoms with Crippen LogP contribution in [0.2, 0.25) is 5.02 Å². The average molecular weight is 544 g/mol. The standard InChI is InChI=1S/C30H42ClN3O4/c1-9-21(5)34(28(36)24(18-19(2)3)32-29(37)38-30(6,7)8)26(22-15-11-10-12-16-22)27(35)33-25-20(4)14-13-17-23(25)31/h10-17,19,21,24,26H,9,18H2,1-8H3,(H,32,37)(H,33,35). The number of para-hydroxylation sites is 1. The van der Waals surface area contributed by atoms with Crippen molar-refractivity contribution < 1.29 is 19.1 Å². The number of anilines is 1. The third-order valence-corrected chi connectivity index (χ3v) is 6.44. The molecule has 0 spiro atoms. The summed E-state index contributed by atoms with van der Waals surface area (Å²) in [5.74, 6) is -0.632. The lowest BCUT2D eigenvalue weighted by Crippen LogP contribution is -2.55. The Labute approximate surface area is 232 Å². The van der Waals surface area contributed by atoms with Crippen molar-refractivity contribution in [1.29, 1.82) is 0 Å². The van der Waals surface area contributed by atoms with Crippen molar-refractivity contribution in [2.75, 3.05) is 5.32 Å². The molecule has 0 radical (unpaired) electrons. The van der Waals surface area contributed by atoms with Gasteiger partial charge in [0.2, 0.25) is 5.91 Å². The fraction of sp³-hybridized carbons (Fsp3) is 0.500. The van der Waals surface area contributed by atoms with E-state index in [-0.39, 0.29) is 23.8 Å². The van der Waals surface area contributed by atoms with Crippen molar-refractivity contribution in [3.63, 3.8) is 0 Å². The van der Waals surface area contributed by atoms with E-state index in [9.17, 15) is 14.4 Å². The maximum Gasteiger partial charge on any atom is 0.408 e. The number of nitrogens with one attached hydrogen (secondary N) is 2. The van der Waals surface area contributed by atoms with Crippen LogP contribution in [0.3, 0.4) is 0 Å². The molecule has 3 amide bonds. The molecule has 0 fully saturated rings. The van der Waals surface area contributed by atoms with E-state index >= 15 is 0 Å². The Morgan fingerprint density at radius 2 is 1.63 bits per heavy atom. The summed E-state index contributed by atoms with van der Waals surface area (Å²) in [6.07, 6.45) is 0.319. The molecule has 2 aromatic carbocycles. The van der Waals surface area contributed by atoms with Gasteiger partial charge in [0.05, 0.1) is 10.7 Å². The second kappa shape index (κ2) is 13.7. The number of aryl methyl sites for hydroxylation is 1. The van der Waals surface area contributed by atoms with E-state index in [1.54, 1.807) is 31.7 Å². The molecule has 38 heavy (non-hydrogen) atoms. The first-order valence-electron chi connectivity index (χ1n) is 13.2. The first-order valence-corrected chi connectivity index (χ1v) is 13.6. The molecule has 0 saturated heterocycles. The number of ether oxygens (including phenoxy) is 1. The zero-order valence-electron chi connectivity index (χ0n) is 23.8. The molecule has 0 bridgehead atoms. The highest BCUT2D eigenvalue weighted by atomic mass is 35.5. The predicted molar refractivity (Wildman–Crippen MR) is 153 cm³/mol. The van der Waals surface area contributed by atoms with Crippen molar-refractivity contribution in [3.8, 4) is 0 Å². The highest BCUT2D eigenvalue weighted by molar-refractivity contribution is 6.34. The minimum atomic E-state index is -0.954. The fourth-order valence-corrected chi connectivity index (χ4v) is 4.44. The number of rotatable bonds is 10. The molecule has 0 aromatic heterocycles. The Balaban J connectivity index is 2.56. The number of amides is 3. The Morgan fingerprint density at radius 3 is 2.16 bits per heavy atom. The maximum atomic E-state index is 14.2. The maximum absolute atomic E-state index is 14.2. The Kier molecular flexibility index (Phi) is 11.2. The van der Waals surface area contributed by atoms with E-state index in [4.69, 9.17) is 16.3 Å². The summed E-state index contributed by atoms with van der Waals surface area (Å²) in [7, 11) is 0. The van der Waals surface area contributed by atoms with Gasteiger partial charge in [-0.25, -0.2) is 4.79 Å². The lowest BCUT2D eigenvalue weighted by molar-refractivity contribution is -0.143. The largest absolute Gasteiger partial charge is 0.444 e. The van der Waals surface area contributed by atoms with E-state index in [2.05, 4.69) is 10.6 Å². The summed E-state index contributed by atoms with van der Waals surface area (Å²) in [6.45, 7) is 15.0. The molecule has 3 atom stereocenters. The number of halogens is 1. The van der Waals surface area contributed by atoms with Crippen LogP contribution < -0.4 is 10.6 Å². The fourth-order valence-electron chi connectivity index (χ4n) is 4.17. The number of benzene rings is 2. The first-order chi connectivity index (χ1) is 17.7. The highest BCUT2D eigenvalue weighted by Gasteiger charge is 2.39. The van der Waals surface area contributed by atoms with Gasteiger partial charge in [0.15, 0.2) is 0 Å².